The van der Waals surface area contributed by atoms with E-state index in [1.165, 1.54) is 5.56 Å². The molecule has 1 aliphatic rings. The first-order chi connectivity index (χ1) is 12.6. The van der Waals surface area contributed by atoms with E-state index in [0.29, 0.717) is 19.5 Å². The van der Waals surface area contributed by atoms with Gasteiger partial charge in [0.15, 0.2) is 5.09 Å². The smallest absolute Gasteiger partial charge is 0.321 e. The zero-order valence-electron chi connectivity index (χ0n) is 14.3. The van der Waals surface area contributed by atoms with E-state index in [0.717, 1.165) is 27.1 Å². The Morgan fingerprint density at radius 2 is 2.15 bits per heavy atom. The van der Waals surface area contributed by atoms with Crippen molar-refractivity contribution >= 4 is 17.7 Å². The number of benzene rings is 1. The maximum atomic E-state index is 11.6. The zero-order chi connectivity index (χ0) is 18.1. The van der Waals surface area contributed by atoms with Crippen molar-refractivity contribution in [1.82, 2.24) is 14.9 Å². The fourth-order valence-corrected chi connectivity index (χ4v) is 3.91. The topological polar surface area (TPSA) is 82.4 Å². The van der Waals surface area contributed by atoms with Crippen LogP contribution in [0.4, 0.5) is 0 Å². The first-order valence-corrected chi connectivity index (χ1v) is 9.21. The Hall–Kier alpha value is -2.51. The number of aromatic nitrogens is 2. The first kappa shape index (κ1) is 16.9. The lowest BCUT2D eigenvalue weighted by Gasteiger charge is -2.31. The number of hydrogen-bond donors (Lipinski definition) is 2. The molecule has 1 atom stereocenters. The summed E-state index contributed by atoms with van der Waals surface area (Å²) in [4.78, 5) is 22.0. The number of nitrogens with one attached hydrogen (secondary N) is 1. The van der Waals surface area contributed by atoms with Gasteiger partial charge in [0.2, 0.25) is 0 Å². The lowest BCUT2D eigenvalue weighted by Crippen LogP contribution is -2.45. The highest BCUT2D eigenvalue weighted by Gasteiger charge is 2.33. The molecule has 0 fully saturated rings. The Morgan fingerprint density at radius 1 is 1.35 bits per heavy atom. The molecule has 3 heterocycles. The summed E-state index contributed by atoms with van der Waals surface area (Å²) >= 11 is 1.56. The molecule has 1 unspecified atom stereocenters. The second-order valence-corrected chi connectivity index (χ2v) is 7.50. The molecule has 0 bridgehead atoms. The van der Waals surface area contributed by atoms with E-state index in [1.807, 2.05) is 17.0 Å². The minimum Gasteiger partial charge on any atom is -0.480 e. The fourth-order valence-electron chi connectivity index (χ4n) is 3.12. The van der Waals surface area contributed by atoms with Gasteiger partial charge in [-0.05, 0) is 31.2 Å². The van der Waals surface area contributed by atoms with Gasteiger partial charge in [0.1, 0.15) is 11.8 Å². The number of carboxylic acids is 1. The monoisotopic (exact) mass is 369 g/mol. The Balaban J connectivity index is 1.47. The molecular weight excluding hydrogens is 350 g/mol. The minimum atomic E-state index is -0.834. The molecule has 0 spiro atoms. The van der Waals surface area contributed by atoms with Crippen LogP contribution in [0.25, 0.3) is 0 Å². The van der Waals surface area contributed by atoms with Crippen LogP contribution >= 0.6 is 11.8 Å². The molecule has 0 saturated carbocycles. The van der Waals surface area contributed by atoms with Gasteiger partial charge in [-0.15, -0.1) is 0 Å². The van der Waals surface area contributed by atoms with Gasteiger partial charge in [0.05, 0.1) is 24.3 Å². The number of carboxylic acid groups (broad SMARTS) is 1. The maximum Gasteiger partial charge on any atom is 0.321 e. The lowest BCUT2D eigenvalue weighted by molar-refractivity contribution is -0.144. The molecular formula is C19H19N3O3S. The van der Waals surface area contributed by atoms with Crippen molar-refractivity contribution in [2.24, 2.45) is 0 Å². The van der Waals surface area contributed by atoms with Gasteiger partial charge in [0, 0.05) is 17.9 Å². The van der Waals surface area contributed by atoms with Crippen LogP contribution in [0.5, 0.6) is 0 Å². The van der Waals surface area contributed by atoms with E-state index in [9.17, 15) is 9.90 Å². The van der Waals surface area contributed by atoms with Crippen LogP contribution in [0.15, 0.2) is 57.1 Å². The van der Waals surface area contributed by atoms with E-state index < -0.39 is 12.0 Å². The predicted octanol–water partition coefficient (Wildman–Crippen LogP) is 3.47. The Labute approximate surface area is 155 Å². The molecule has 0 saturated heterocycles. The summed E-state index contributed by atoms with van der Waals surface area (Å²) in [6.45, 7) is 3.03. The molecule has 6 nitrogen and oxygen atoms in total. The summed E-state index contributed by atoms with van der Waals surface area (Å²) in [6, 6.07) is 11.5. The van der Waals surface area contributed by atoms with E-state index >= 15 is 0 Å². The minimum absolute atomic E-state index is 0.403. The number of furan rings is 1. The normalized spacial score (nSPS) is 17.2. The summed E-state index contributed by atoms with van der Waals surface area (Å²) < 4.78 is 5.92. The summed E-state index contributed by atoms with van der Waals surface area (Å²) in [5.74, 6) is -0.0757. The number of aromatic amines is 1. The summed E-state index contributed by atoms with van der Waals surface area (Å²) in [6.07, 6.45) is 2.02. The number of H-pyrrole nitrogens is 1. The average Bonchev–Trinajstić information content (AvgIpc) is 3.25. The third-order valence-corrected chi connectivity index (χ3v) is 5.45. The van der Waals surface area contributed by atoms with Crippen molar-refractivity contribution in [1.29, 1.82) is 0 Å². The van der Waals surface area contributed by atoms with Gasteiger partial charge in [-0.1, -0.05) is 29.5 Å². The van der Waals surface area contributed by atoms with E-state index in [1.54, 1.807) is 18.1 Å². The van der Waals surface area contributed by atoms with Gasteiger partial charge >= 0.3 is 5.97 Å². The number of fused-ring (bicyclic) bond motifs is 1. The van der Waals surface area contributed by atoms with Crippen LogP contribution in [0.3, 0.4) is 0 Å². The number of imidazole rings is 1. The van der Waals surface area contributed by atoms with Crippen LogP contribution in [0.2, 0.25) is 0 Å². The van der Waals surface area contributed by atoms with Gasteiger partial charge in [-0.2, -0.15) is 0 Å². The molecule has 134 valence electrons. The van der Waals surface area contributed by atoms with Crippen molar-refractivity contribution in [2.45, 2.75) is 42.5 Å². The van der Waals surface area contributed by atoms with Crippen LogP contribution in [-0.2, 0) is 24.3 Å². The predicted molar refractivity (Wildman–Crippen MR) is 97.0 cm³/mol. The second kappa shape index (κ2) is 7.01. The van der Waals surface area contributed by atoms with Crippen molar-refractivity contribution in [3.63, 3.8) is 0 Å². The number of rotatable bonds is 5. The third-order valence-electron chi connectivity index (χ3n) is 4.52. The Bertz CT molecular complexity index is 916. The molecule has 7 heteroatoms. The van der Waals surface area contributed by atoms with Crippen molar-refractivity contribution < 1.29 is 14.3 Å². The average molecular weight is 369 g/mol. The number of hydrogen-bond acceptors (Lipinski definition) is 5. The number of nitrogens with zero attached hydrogens (tertiary/aromatic N) is 2. The zero-order valence-corrected chi connectivity index (χ0v) is 15.1. The molecule has 26 heavy (non-hydrogen) atoms. The molecule has 0 aliphatic carbocycles. The highest BCUT2D eigenvalue weighted by molar-refractivity contribution is 7.99. The third kappa shape index (κ3) is 3.54. The van der Waals surface area contributed by atoms with E-state index in [2.05, 4.69) is 41.2 Å². The standard InChI is InChI=1S/C19H19N3O3S/c1-12-2-5-14(6-3-12)26-18-7-4-13(25-18)9-22-10-16-15(20-11-21-16)8-17(22)19(23)24/h2-7,11,17H,8-10H2,1H3,(H,20,21)(H,23,24). The van der Waals surface area contributed by atoms with Crippen LogP contribution in [0, 0.1) is 6.92 Å². The summed E-state index contributed by atoms with van der Waals surface area (Å²) in [7, 11) is 0. The summed E-state index contributed by atoms with van der Waals surface area (Å²) in [5.41, 5.74) is 3.03. The van der Waals surface area contributed by atoms with Gasteiger partial charge in [0.25, 0.3) is 0 Å². The van der Waals surface area contributed by atoms with Gasteiger partial charge in [-0.3, -0.25) is 9.69 Å². The number of carbonyl (C=O) groups is 1. The molecule has 2 aromatic heterocycles. The lowest BCUT2D eigenvalue weighted by atomic mass is 10.0. The summed E-state index contributed by atoms with van der Waals surface area (Å²) in [5, 5.41) is 10.4. The van der Waals surface area contributed by atoms with Gasteiger partial charge in [-0.25, -0.2) is 4.98 Å². The van der Waals surface area contributed by atoms with Crippen molar-refractivity contribution in [2.75, 3.05) is 0 Å². The van der Waals surface area contributed by atoms with Gasteiger partial charge < -0.3 is 14.5 Å². The molecule has 2 N–H and O–H groups in total. The molecule has 1 aromatic carbocycles. The quantitative estimate of drug-likeness (QED) is 0.717. The van der Waals surface area contributed by atoms with Crippen LogP contribution in [-0.4, -0.2) is 32.0 Å². The highest BCUT2D eigenvalue weighted by atomic mass is 32.2. The van der Waals surface area contributed by atoms with Crippen molar-refractivity contribution in [3.8, 4) is 0 Å². The second-order valence-electron chi connectivity index (χ2n) is 6.43. The maximum absolute atomic E-state index is 11.6. The fraction of sp³-hybridized carbons (Fsp3) is 0.263. The highest BCUT2D eigenvalue weighted by Crippen LogP contribution is 2.30. The SMILES string of the molecule is Cc1ccc(Sc2ccc(CN3Cc4[nH]cnc4CC3C(=O)O)o2)cc1. The first-order valence-electron chi connectivity index (χ1n) is 8.39. The van der Waals surface area contributed by atoms with Crippen LogP contribution in [0.1, 0.15) is 22.7 Å². The molecule has 0 radical (unpaired) electrons. The molecule has 0 amide bonds. The number of aryl methyl sites for hydroxylation is 1. The molecule has 1 aliphatic heterocycles. The largest absolute Gasteiger partial charge is 0.480 e. The Kier molecular flexibility index (Phi) is 4.57. The Morgan fingerprint density at radius 3 is 2.92 bits per heavy atom. The van der Waals surface area contributed by atoms with E-state index in [-0.39, 0.29) is 0 Å². The van der Waals surface area contributed by atoms with Crippen LogP contribution < -0.4 is 0 Å². The molecule has 4 rings (SSSR count). The number of aliphatic carboxylic acids is 1. The van der Waals surface area contributed by atoms with Crippen molar-refractivity contribution in [3.05, 3.63) is 65.4 Å². The van der Waals surface area contributed by atoms with E-state index in [4.69, 9.17) is 4.42 Å². The molecule has 3 aromatic rings.